The maximum atomic E-state index is 3.61. The molecule has 0 bridgehead atoms. The third-order valence-electron chi connectivity index (χ3n) is 2.49. The number of rotatable bonds is 5. The molecule has 0 radical (unpaired) electrons. The first-order valence-corrected chi connectivity index (χ1v) is 7.85. The molecule has 0 saturated carbocycles. The summed E-state index contributed by atoms with van der Waals surface area (Å²) in [5, 5.41) is 7.86. The summed E-state index contributed by atoms with van der Waals surface area (Å²) in [5.41, 5.74) is 0. The van der Waals surface area contributed by atoms with E-state index in [0.717, 1.165) is 13.0 Å². The Morgan fingerprint density at radius 1 is 1.31 bits per heavy atom. The lowest BCUT2D eigenvalue weighted by atomic mass is 10.2. The highest BCUT2D eigenvalue weighted by Crippen LogP contribution is 2.25. The molecule has 0 aliphatic heterocycles. The van der Waals surface area contributed by atoms with Crippen LogP contribution in [0, 0.1) is 0 Å². The van der Waals surface area contributed by atoms with Crippen LogP contribution in [0.15, 0.2) is 33.4 Å². The first-order valence-electron chi connectivity index (χ1n) is 5.30. The monoisotopic (exact) mass is 315 g/mol. The first-order chi connectivity index (χ1) is 7.81. The smallest absolute Gasteiger partial charge is 0.0415 e. The molecule has 0 aliphatic rings. The van der Waals surface area contributed by atoms with Gasteiger partial charge in [-0.25, -0.2) is 0 Å². The molecule has 16 heavy (non-hydrogen) atoms. The topological polar surface area (TPSA) is 12.0 Å². The van der Waals surface area contributed by atoms with Crippen molar-refractivity contribution in [2.75, 3.05) is 0 Å². The van der Waals surface area contributed by atoms with Crippen molar-refractivity contribution in [1.29, 1.82) is 0 Å². The van der Waals surface area contributed by atoms with Crippen LogP contribution in [0.25, 0.3) is 0 Å². The summed E-state index contributed by atoms with van der Waals surface area (Å²) < 4.78 is 1.21. The second kappa shape index (κ2) is 5.96. The van der Waals surface area contributed by atoms with Gasteiger partial charge in [0.2, 0.25) is 0 Å². The molecule has 2 heterocycles. The van der Waals surface area contributed by atoms with Gasteiger partial charge >= 0.3 is 0 Å². The third kappa shape index (κ3) is 2.94. The zero-order valence-electron chi connectivity index (χ0n) is 9.07. The SMILES string of the molecule is CCC(NCc1sccc1Br)c1cccs1. The molecule has 0 amide bonds. The fraction of sp³-hybridized carbons (Fsp3) is 0.333. The summed E-state index contributed by atoms with van der Waals surface area (Å²) in [6, 6.07) is 6.91. The third-order valence-corrected chi connectivity index (χ3v) is 5.41. The fourth-order valence-electron chi connectivity index (χ4n) is 1.60. The van der Waals surface area contributed by atoms with Crippen molar-refractivity contribution >= 4 is 38.6 Å². The van der Waals surface area contributed by atoms with E-state index in [4.69, 9.17) is 0 Å². The van der Waals surface area contributed by atoms with Crippen molar-refractivity contribution in [2.24, 2.45) is 0 Å². The minimum atomic E-state index is 0.481. The van der Waals surface area contributed by atoms with Gasteiger partial charge < -0.3 is 5.32 Å². The number of hydrogen-bond acceptors (Lipinski definition) is 3. The van der Waals surface area contributed by atoms with Gasteiger partial charge in [-0.3, -0.25) is 0 Å². The lowest BCUT2D eigenvalue weighted by Gasteiger charge is -2.14. The predicted octanol–water partition coefficient (Wildman–Crippen LogP) is 4.81. The molecule has 1 N–H and O–H groups in total. The van der Waals surface area contributed by atoms with Crippen molar-refractivity contribution in [2.45, 2.75) is 25.9 Å². The van der Waals surface area contributed by atoms with Crippen LogP contribution in [0.4, 0.5) is 0 Å². The fourth-order valence-corrected chi connectivity index (χ4v) is 3.93. The van der Waals surface area contributed by atoms with E-state index in [1.54, 1.807) is 11.3 Å². The van der Waals surface area contributed by atoms with E-state index < -0.39 is 0 Å². The van der Waals surface area contributed by atoms with Gasteiger partial charge in [0, 0.05) is 26.8 Å². The lowest BCUT2D eigenvalue weighted by molar-refractivity contribution is 0.529. The maximum Gasteiger partial charge on any atom is 0.0415 e. The van der Waals surface area contributed by atoms with Crippen molar-refractivity contribution in [3.63, 3.8) is 0 Å². The highest BCUT2D eigenvalue weighted by molar-refractivity contribution is 9.10. The average Bonchev–Trinajstić information content (AvgIpc) is 2.92. The standard InChI is InChI=1S/C12H14BrNS2/c1-2-10(11-4-3-6-15-11)14-8-12-9(13)5-7-16-12/h3-7,10,14H,2,8H2,1H3. The normalized spacial score (nSPS) is 12.9. The van der Waals surface area contributed by atoms with Crippen molar-refractivity contribution in [3.05, 3.63) is 43.2 Å². The first kappa shape index (κ1) is 12.3. The van der Waals surface area contributed by atoms with Gasteiger partial charge in [-0.1, -0.05) is 13.0 Å². The van der Waals surface area contributed by atoms with Crippen LogP contribution in [-0.2, 0) is 6.54 Å². The van der Waals surface area contributed by atoms with E-state index in [1.165, 1.54) is 14.2 Å². The molecule has 0 aromatic carbocycles. The highest BCUT2D eigenvalue weighted by Gasteiger charge is 2.10. The molecule has 1 unspecified atom stereocenters. The minimum absolute atomic E-state index is 0.481. The summed E-state index contributed by atoms with van der Waals surface area (Å²) in [7, 11) is 0. The zero-order valence-corrected chi connectivity index (χ0v) is 12.3. The van der Waals surface area contributed by atoms with Gasteiger partial charge in [0.15, 0.2) is 0 Å². The molecule has 0 saturated heterocycles. The van der Waals surface area contributed by atoms with E-state index in [0.29, 0.717) is 6.04 Å². The van der Waals surface area contributed by atoms with Gasteiger partial charge in [0.1, 0.15) is 0 Å². The summed E-state index contributed by atoms with van der Waals surface area (Å²) in [6.07, 6.45) is 1.13. The van der Waals surface area contributed by atoms with E-state index in [9.17, 15) is 0 Å². The minimum Gasteiger partial charge on any atom is -0.304 e. The number of nitrogens with one attached hydrogen (secondary N) is 1. The number of thiophene rings is 2. The largest absolute Gasteiger partial charge is 0.304 e. The Morgan fingerprint density at radius 3 is 2.75 bits per heavy atom. The van der Waals surface area contributed by atoms with Gasteiger partial charge in [0.25, 0.3) is 0 Å². The Balaban J connectivity index is 1.96. The zero-order chi connectivity index (χ0) is 11.4. The lowest BCUT2D eigenvalue weighted by Crippen LogP contribution is -2.18. The Hall–Kier alpha value is -0.160. The summed E-state index contributed by atoms with van der Waals surface area (Å²) in [4.78, 5) is 2.80. The molecule has 1 nitrogen and oxygen atoms in total. The van der Waals surface area contributed by atoms with E-state index >= 15 is 0 Å². The van der Waals surface area contributed by atoms with Crippen LogP contribution < -0.4 is 5.32 Å². The van der Waals surface area contributed by atoms with E-state index in [-0.39, 0.29) is 0 Å². The van der Waals surface area contributed by atoms with Gasteiger partial charge in [-0.2, -0.15) is 0 Å². The molecular formula is C12H14BrNS2. The van der Waals surface area contributed by atoms with Crippen LogP contribution in [0.3, 0.4) is 0 Å². The molecule has 2 aromatic rings. The number of halogens is 1. The predicted molar refractivity (Wildman–Crippen MR) is 76.2 cm³/mol. The molecular weight excluding hydrogens is 302 g/mol. The van der Waals surface area contributed by atoms with Crippen molar-refractivity contribution in [3.8, 4) is 0 Å². The Kier molecular flexibility index (Phi) is 4.58. The molecule has 1 atom stereocenters. The van der Waals surface area contributed by atoms with Crippen LogP contribution in [0.2, 0.25) is 0 Å². The van der Waals surface area contributed by atoms with Crippen LogP contribution in [-0.4, -0.2) is 0 Å². The number of hydrogen-bond donors (Lipinski definition) is 1. The summed E-state index contributed by atoms with van der Waals surface area (Å²) >= 11 is 7.18. The second-order valence-corrected chi connectivity index (χ2v) is 6.38. The van der Waals surface area contributed by atoms with Gasteiger partial charge in [-0.05, 0) is 45.2 Å². The maximum absolute atomic E-state index is 3.61. The Morgan fingerprint density at radius 2 is 2.19 bits per heavy atom. The van der Waals surface area contributed by atoms with Crippen molar-refractivity contribution < 1.29 is 0 Å². The van der Waals surface area contributed by atoms with Crippen molar-refractivity contribution in [1.82, 2.24) is 5.32 Å². The van der Waals surface area contributed by atoms with Gasteiger partial charge in [-0.15, -0.1) is 22.7 Å². The molecule has 2 rings (SSSR count). The summed E-state index contributed by atoms with van der Waals surface area (Å²) in [5.74, 6) is 0. The van der Waals surface area contributed by atoms with Gasteiger partial charge in [0.05, 0.1) is 0 Å². The summed E-state index contributed by atoms with van der Waals surface area (Å²) in [6.45, 7) is 3.16. The second-order valence-electron chi connectivity index (χ2n) is 3.55. The molecule has 0 spiro atoms. The molecule has 4 heteroatoms. The molecule has 2 aromatic heterocycles. The van der Waals surface area contributed by atoms with E-state index in [1.807, 2.05) is 11.3 Å². The highest BCUT2D eigenvalue weighted by atomic mass is 79.9. The van der Waals surface area contributed by atoms with Crippen LogP contribution >= 0.6 is 38.6 Å². The molecule has 0 aliphatic carbocycles. The average molecular weight is 316 g/mol. The molecule has 86 valence electrons. The molecule has 0 fully saturated rings. The Labute approximate surface area is 113 Å². The Bertz CT molecular complexity index is 422. The quantitative estimate of drug-likeness (QED) is 0.834. The van der Waals surface area contributed by atoms with Crippen LogP contribution in [0.5, 0.6) is 0 Å². The van der Waals surface area contributed by atoms with E-state index in [2.05, 4.69) is 57.1 Å². The van der Waals surface area contributed by atoms with Crippen LogP contribution in [0.1, 0.15) is 29.1 Å².